The molecule has 1 aliphatic heterocycles. The number of allylic oxidation sites excluding steroid dienone is 2. The van der Waals surface area contributed by atoms with Gasteiger partial charge in [-0.05, 0) is 80.0 Å². The fourth-order valence-corrected chi connectivity index (χ4v) is 6.99. The zero-order valence-corrected chi connectivity index (χ0v) is 18.6. The van der Waals surface area contributed by atoms with E-state index in [1.165, 1.54) is 13.5 Å². The second-order valence-corrected chi connectivity index (χ2v) is 10.3. The predicted molar refractivity (Wildman–Crippen MR) is 119 cm³/mol. The van der Waals surface area contributed by atoms with Gasteiger partial charge in [-0.2, -0.15) is 0 Å². The molecule has 3 saturated carbocycles. The second kappa shape index (κ2) is 7.54. The third-order valence-electron chi connectivity index (χ3n) is 8.70. The van der Waals surface area contributed by atoms with E-state index >= 15 is 0 Å². The average molecular weight is 449 g/mol. The quantitative estimate of drug-likeness (QED) is 0.434. The van der Waals surface area contributed by atoms with Gasteiger partial charge < -0.3 is 10.1 Å². The monoisotopic (exact) mass is 448 g/mol. The normalized spacial score (nSPS) is 38.0. The summed E-state index contributed by atoms with van der Waals surface area (Å²) in [6.07, 6.45) is 8.22. The average Bonchev–Trinajstić information content (AvgIpc) is 3.62. The molecule has 4 fully saturated rings. The molecule has 0 unspecified atom stereocenters. The van der Waals surface area contributed by atoms with Crippen LogP contribution in [0.1, 0.15) is 42.5 Å². The summed E-state index contributed by atoms with van der Waals surface area (Å²) in [6.45, 7) is 0. The van der Waals surface area contributed by atoms with Gasteiger partial charge in [-0.1, -0.05) is 12.2 Å². The number of nitrogens with one attached hydrogen (secondary N) is 1. The number of carbonyl (C=O) groups excluding carboxylic acids is 4. The van der Waals surface area contributed by atoms with Crippen molar-refractivity contribution in [2.75, 3.05) is 12.4 Å². The lowest BCUT2D eigenvalue weighted by atomic mass is 9.63. The van der Waals surface area contributed by atoms with Gasteiger partial charge in [-0.25, -0.2) is 4.79 Å². The summed E-state index contributed by atoms with van der Waals surface area (Å²) >= 11 is 0. The predicted octanol–water partition coefficient (Wildman–Crippen LogP) is 3.02. The van der Waals surface area contributed by atoms with Gasteiger partial charge >= 0.3 is 5.97 Å². The van der Waals surface area contributed by atoms with Crippen LogP contribution in [0.4, 0.5) is 5.69 Å². The minimum Gasteiger partial charge on any atom is -0.465 e. The lowest BCUT2D eigenvalue weighted by Gasteiger charge is -2.37. The molecule has 7 heteroatoms. The third kappa shape index (κ3) is 3.15. The summed E-state index contributed by atoms with van der Waals surface area (Å²) in [5.74, 6) is 0.864. The number of anilines is 1. The summed E-state index contributed by atoms with van der Waals surface area (Å²) in [7, 11) is 1.33. The number of methoxy groups -OCH3 is 1. The molecule has 1 N–H and O–H groups in total. The Morgan fingerprint density at radius 3 is 2.03 bits per heavy atom. The van der Waals surface area contributed by atoms with Gasteiger partial charge in [0.1, 0.15) is 0 Å². The number of hydrogen-bond acceptors (Lipinski definition) is 5. The van der Waals surface area contributed by atoms with Crippen molar-refractivity contribution in [1.29, 1.82) is 0 Å². The van der Waals surface area contributed by atoms with Crippen LogP contribution in [0.3, 0.4) is 0 Å². The molecule has 0 radical (unpaired) electrons. The van der Waals surface area contributed by atoms with Gasteiger partial charge in [0.15, 0.2) is 0 Å². The maximum atomic E-state index is 13.3. The van der Waals surface area contributed by atoms with E-state index in [0.29, 0.717) is 48.8 Å². The molecule has 1 aromatic carbocycles. The fraction of sp³-hybridized carbons (Fsp3) is 0.538. The Morgan fingerprint density at radius 2 is 1.48 bits per heavy atom. The van der Waals surface area contributed by atoms with E-state index in [9.17, 15) is 19.2 Å². The molecule has 172 valence electrons. The van der Waals surface area contributed by atoms with Gasteiger partial charge in [0.2, 0.25) is 17.7 Å². The summed E-state index contributed by atoms with van der Waals surface area (Å²) in [5.41, 5.74) is 1.06. The zero-order valence-electron chi connectivity index (χ0n) is 18.6. The number of imide groups is 1. The van der Waals surface area contributed by atoms with Crippen molar-refractivity contribution in [2.45, 2.75) is 38.1 Å². The van der Waals surface area contributed by atoms with E-state index < -0.39 is 5.97 Å². The summed E-state index contributed by atoms with van der Waals surface area (Å²) in [6, 6.07) is 6.52. The first kappa shape index (κ1) is 20.6. The van der Waals surface area contributed by atoms with Crippen molar-refractivity contribution in [2.24, 2.45) is 41.4 Å². The minimum atomic E-state index is -0.419. The number of nitrogens with zero attached hydrogens (tertiary/aromatic N) is 1. The van der Waals surface area contributed by atoms with Gasteiger partial charge in [0, 0.05) is 17.6 Å². The highest BCUT2D eigenvalue weighted by molar-refractivity contribution is 6.06. The molecule has 5 aliphatic carbocycles. The Balaban J connectivity index is 1.07. The number of ether oxygens (including phenoxy) is 1. The van der Waals surface area contributed by atoms with Crippen LogP contribution in [-0.2, 0) is 19.1 Å². The van der Waals surface area contributed by atoms with Crippen molar-refractivity contribution in [3.05, 3.63) is 42.0 Å². The number of likely N-dealkylation sites (tertiary alicyclic amines) is 1. The number of carbonyl (C=O) groups is 4. The molecule has 0 aromatic heterocycles. The summed E-state index contributed by atoms with van der Waals surface area (Å²) in [4.78, 5) is 52.6. The standard InChI is InChI=1S/C26H28N2O5/c1-33-26(32)14-2-6-15(7-3-14)27-23(29)13-4-8-16(9-5-13)28-24(30)21-17-10-11-18(20-12-19(17)20)22(21)25(28)31/h2-3,6-7,10-11,13,16-22H,4-5,8-9,12H2,1H3,(H,27,29)/t13?,16?,17-,18-,19-,20+,21+,22+/m0/s1. The smallest absolute Gasteiger partial charge is 0.337 e. The van der Waals surface area contributed by atoms with Crippen LogP contribution in [0.15, 0.2) is 36.4 Å². The molecule has 6 aliphatic rings. The highest BCUT2D eigenvalue weighted by Crippen LogP contribution is 2.65. The first-order chi connectivity index (χ1) is 16.0. The molecule has 3 amide bonds. The summed E-state index contributed by atoms with van der Waals surface area (Å²) in [5, 5.41) is 2.92. The van der Waals surface area contributed by atoms with Crippen LogP contribution in [0.5, 0.6) is 0 Å². The van der Waals surface area contributed by atoms with E-state index in [2.05, 4.69) is 17.5 Å². The Morgan fingerprint density at radius 1 is 0.909 bits per heavy atom. The Hall–Kier alpha value is -2.96. The second-order valence-electron chi connectivity index (χ2n) is 10.3. The van der Waals surface area contributed by atoms with Crippen molar-refractivity contribution < 1.29 is 23.9 Å². The van der Waals surface area contributed by atoms with Gasteiger partial charge in [-0.15, -0.1) is 0 Å². The fourth-order valence-electron chi connectivity index (χ4n) is 6.99. The molecular formula is C26H28N2O5. The van der Waals surface area contributed by atoms with Crippen molar-refractivity contribution in [3.63, 3.8) is 0 Å². The summed E-state index contributed by atoms with van der Waals surface area (Å²) < 4.78 is 4.69. The molecule has 1 saturated heterocycles. The number of hydrogen-bond donors (Lipinski definition) is 1. The lowest BCUT2D eigenvalue weighted by Crippen LogP contribution is -2.44. The van der Waals surface area contributed by atoms with Crippen LogP contribution in [-0.4, -0.2) is 41.7 Å². The van der Waals surface area contributed by atoms with E-state index in [1.807, 2.05) is 0 Å². The highest BCUT2D eigenvalue weighted by Gasteiger charge is 2.67. The van der Waals surface area contributed by atoms with E-state index in [-0.39, 0.29) is 53.4 Å². The lowest BCUT2D eigenvalue weighted by molar-refractivity contribution is -0.144. The minimum absolute atomic E-state index is 0.0355. The number of rotatable bonds is 4. The Bertz CT molecular complexity index is 1020. The number of amides is 3. The molecule has 1 heterocycles. The molecule has 2 bridgehead atoms. The molecule has 7 nitrogen and oxygen atoms in total. The van der Waals surface area contributed by atoms with Crippen LogP contribution >= 0.6 is 0 Å². The number of esters is 1. The molecule has 6 atom stereocenters. The van der Waals surface area contributed by atoms with Crippen LogP contribution in [0, 0.1) is 41.4 Å². The first-order valence-electron chi connectivity index (χ1n) is 12.0. The van der Waals surface area contributed by atoms with Crippen molar-refractivity contribution in [3.8, 4) is 0 Å². The molecule has 0 spiro atoms. The van der Waals surface area contributed by atoms with E-state index in [4.69, 9.17) is 4.74 Å². The first-order valence-corrected chi connectivity index (χ1v) is 12.0. The highest BCUT2D eigenvalue weighted by atomic mass is 16.5. The van der Waals surface area contributed by atoms with E-state index in [0.717, 1.165) is 0 Å². The van der Waals surface area contributed by atoms with E-state index in [1.54, 1.807) is 29.2 Å². The maximum Gasteiger partial charge on any atom is 0.337 e. The van der Waals surface area contributed by atoms with Crippen LogP contribution in [0.2, 0.25) is 0 Å². The Labute approximate surface area is 192 Å². The number of benzene rings is 1. The SMILES string of the molecule is COC(=O)c1ccc(NC(=O)C2CCC(N3C(=O)[C@@H]4[C@H]5C=C[C@@H]([C@@H]6C[C@H]56)[C@H]4C3=O)CC2)cc1. The van der Waals surface area contributed by atoms with Gasteiger partial charge in [-0.3, -0.25) is 19.3 Å². The maximum absolute atomic E-state index is 13.3. The van der Waals surface area contributed by atoms with Gasteiger partial charge in [0.25, 0.3) is 0 Å². The largest absolute Gasteiger partial charge is 0.465 e. The van der Waals surface area contributed by atoms with Crippen molar-refractivity contribution >= 4 is 29.4 Å². The molecule has 33 heavy (non-hydrogen) atoms. The van der Waals surface area contributed by atoms with Crippen molar-refractivity contribution in [1.82, 2.24) is 4.90 Å². The topological polar surface area (TPSA) is 92.8 Å². The van der Waals surface area contributed by atoms with Gasteiger partial charge in [0.05, 0.1) is 24.5 Å². The Kier molecular flexibility index (Phi) is 4.71. The third-order valence-corrected chi connectivity index (χ3v) is 8.70. The zero-order chi connectivity index (χ0) is 22.9. The molecular weight excluding hydrogens is 420 g/mol. The molecule has 7 rings (SSSR count). The van der Waals surface area contributed by atoms with Crippen LogP contribution in [0.25, 0.3) is 0 Å². The van der Waals surface area contributed by atoms with Crippen LogP contribution < -0.4 is 5.32 Å². The molecule has 1 aromatic rings.